The molecule has 1 amide bonds. The van der Waals surface area contributed by atoms with Gasteiger partial charge in [-0.25, -0.2) is 0 Å². The van der Waals surface area contributed by atoms with E-state index in [2.05, 4.69) is 10.6 Å². The van der Waals surface area contributed by atoms with Gasteiger partial charge in [-0.15, -0.1) is 0 Å². The van der Waals surface area contributed by atoms with Crippen LogP contribution in [0.1, 0.15) is 38.7 Å². The molecule has 1 aromatic rings. The summed E-state index contributed by atoms with van der Waals surface area (Å²) in [7, 11) is 0. The second-order valence-electron chi connectivity index (χ2n) is 6.55. The number of aliphatic carboxylic acids is 1. The third-order valence-corrected chi connectivity index (χ3v) is 3.84. The number of carbonyl (C=O) groups is 3. The molecule has 0 saturated heterocycles. The predicted octanol–water partition coefficient (Wildman–Crippen LogP) is 1.78. The van der Waals surface area contributed by atoms with Crippen molar-refractivity contribution in [3.8, 4) is 0 Å². The third-order valence-electron chi connectivity index (χ3n) is 3.84. The minimum Gasteiger partial charge on any atom is -0.480 e. The van der Waals surface area contributed by atoms with Crippen LogP contribution in [-0.4, -0.2) is 41.9 Å². The number of carbonyl (C=O) groups excluding carboxylic acids is 2. The van der Waals surface area contributed by atoms with E-state index in [-0.39, 0.29) is 24.8 Å². The highest BCUT2D eigenvalue weighted by molar-refractivity contribution is 5.77. The minimum absolute atomic E-state index is 0.109. The molecular weight excluding hydrogens is 320 g/mol. The average molecular weight is 348 g/mol. The first-order valence-corrected chi connectivity index (χ1v) is 8.67. The monoisotopic (exact) mass is 348 g/mol. The average Bonchev–Trinajstić information content (AvgIpc) is 2.58. The summed E-state index contributed by atoms with van der Waals surface area (Å²) < 4.78 is 0. The molecule has 1 aromatic carbocycles. The number of amides is 1. The number of carboxylic acid groups (broad SMARTS) is 1. The molecule has 25 heavy (non-hydrogen) atoms. The fraction of sp³-hybridized carbons (Fsp3) is 0.526. The second kappa shape index (κ2) is 11.4. The smallest absolute Gasteiger partial charge is 0.320 e. The molecule has 0 fully saturated rings. The zero-order valence-electron chi connectivity index (χ0n) is 14.9. The summed E-state index contributed by atoms with van der Waals surface area (Å²) in [4.78, 5) is 34.3. The van der Waals surface area contributed by atoms with E-state index < -0.39 is 18.1 Å². The maximum absolute atomic E-state index is 11.9. The highest BCUT2D eigenvalue weighted by Gasteiger charge is 2.21. The van der Waals surface area contributed by atoms with Gasteiger partial charge in [-0.05, 0) is 30.7 Å². The van der Waals surface area contributed by atoms with Crippen LogP contribution in [0, 0.1) is 5.92 Å². The maximum Gasteiger partial charge on any atom is 0.320 e. The summed E-state index contributed by atoms with van der Waals surface area (Å²) in [5, 5.41) is 14.9. The number of aldehydes is 1. The third kappa shape index (κ3) is 9.00. The van der Waals surface area contributed by atoms with Gasteiger partial charge in [0.1, 0.15) is 12.3 Å². The Morgan fingerprint density at radius 3 is 2.44 bits per heavy atom. The van der Waals surface area contributed by atoms with Crippen LogP contribution in [0.15, 0.2) is 30.3 Å². The molecule has 0 bridgehead atoms. The van der Waals surface area contributed by atoms with Crippen molar-refractivity contribution in [2.24, 2.45) is 5.92 Å². The van der Waals surface area contributed by atoms with Gasteiger partial charge < -0.3 is 15.2 Å². The van der Waals surface area contributed by atoms with Gasteiger partial charge in [0, 0.05) is 13.0 Å². The fourth-order valence-electron chi connectivity index (χ4n) is 2.55. The van der Waals surface area contributed by atoms with Crippen LogP contribution >= 0.6 is 0 Å². The quantitative estimate of drug-likeness (QED) is 0.501. The predicted molar refractivity (Wildman–Crippen MR) is 96.3 cm³/mol. The van der Waals surface area contributed by atoms with E-state index in [1.54, 1.807) is 0 Å². The van der Waals surface area contributed by atoms with Crippen molar-refractivity contribution in [3.05, 3.63) is 35.9 Å². The van der Waals surface area contributed by atoms with Crippen LogP contribution in [0.5, 0.6) is 0 Å². The first-order valence-electron chi connectivity index (χ1n) is 8.67. The van der Waals surface area contributed by atoms with Crippen molar-refractivity contribution < 1.29 is 19.5 Å². The Kier molecular flexibility index (Phi) is 9.47. The molecule has 6 nitrogen and oxygen atoms in total. The number of hydrogen-bond donors (Lipinski definition) is 3. The lowest BCUT2D eigenvalue weighted by molar-refractivity contribution is -0.140. The topological polar surface area (TPSA) is 95.5 Å². The van der Waals surface area contributed by atoms with E-state index in [0.29, 0.717) is 19.3 Å². The van der Waals surface area contributed by atoms with Crippen LogP contribution in [0.3, 0.4) is 0 Å². The van der Waals surface area contributed by atoms with E-state index >= 15 is 0 Å². The van der Waals surface area contributed by atoms with Crippen LogP contribution in [0.4, 0.5) is 0 Å². The van der Waals surface area contributed by atoms with Gasteiger partial charge in [-0.1, -0.05) is 44.2 Å². The summed E-state index contributed by atoms with van der Waals surface area (Å²) in [6.07, 6.45) is 2.56. The molecule has 0 saturated carbocycles. The molecule has 0 radical (unpaired) electrons. The molecule has 138 valence electrons. The number of hydrogen-bond acceptors (Lipinski definition) is 4. The van der Waals surface area contributed by atoms with Gasteiger partial charge in [-0.3, -0.25) is 14.9 Å². The second-order valence-corrected chi connectivity index (χ2v) is 6.55. The summed E-state index contributed by atoms with van der Waals surface area (Å²) in [6.45, 7) is 4.20. The lowest BCUT2D eigenvalue weighted by atomic mass is 10.0. The van der Waals surface area contributed by atoms with E-state index in [0.717, 1.165) is 11.8 Å². The summed E-state index contributed by atoms with van der Waals surface area (Å²) in [5.74, 6) is -0.842. The SMILES string of the molecule is CC(C)CC(C=O)NC(CCNC(=O)CCc1ccccc1)C(=O)O. The Balaban J connectivity index is 2.35. The zero-order valence-corrected chi connectivity index (χ0v) is 14.9. The normalized spacial score (nSPS) is 13.2. The highest BCUT2D eigenvalue weighted by Crippen LogP contribution is 2.05. The van der Waals surface area contributed by atoms with Crippen molar-refractivity contribution >= 4 is 18.2 Å². The number of rotatable bonds is 12. The summed E-state index contributed by atoms with van der Waals surface area (Å²) in [5.41, 5.74) is 1.09. The zero-order chi connectivity index (χ0) is 18.7. The van der Waals surface area contributed by atoms with Crippen LogP contribution in [-0.2, 0) is 20.8 Å². The Labute approximate surface area is 149 Å². The molecule has 0 aliphatic carbocycles. The van der Waals surface area contributed by atoms with Gasteiger partial charge in [0.15, 0.2) is 0 Å². The van der Waals surface area contributed by atoms with Crippen molar-refractivity contribution in [1.82, 2.24) is 10.6 Å². The molecule has 6 heteroatoms. The summed E-state index contributed by atoms with van der Waals surface area (Å²) in [6, 6.07) is 8.36. The van der Waals surface area contributed by atoms with Gasteiger partial charge >= 0.3 is 5.97 Å². The molecular formula is C19H28N2O4. The summed E-state index contributed by atoms with van der Waals surface area (Å²) >= 11 is 0. The van der Waals surface area contributed by atoms with E-state index in [4.69, 9.17) is 0 Å². The van der Waals surface area contributed by atoms with E-state index in [9.17, 15) is 19.5 Å². The molecule has 1 rings (SSSR count). The van der Waals surface area contributed by atoms with Gasteiger partial charge in [0.2, 0.25) is 5.91 Å². The Hall–Kier alpha value is -2.21. The first kappa shape index (κ1) is 20.8. The first-order chi connectivity index (χ1) is 11.9. The van der Waals surface area contributed by atoms with Gasteiger partial charge in [0.25, 0.3) is 0 Å². The van der Waals surface area contributed by atoms with E-state index in [1.807, 2.05) is 44.2 Å². The van der Waals surface area contributed by atoms with Gasteiger partial charge in [-0.2, -0.15) is 0 Å². The van der Waals surface area contributed by atoms with Crippen LogP contribution in [0.2, 0.25) is 0 Å². The Bertz CT molecular complexity index is 546. The maximum atomic E-state index is 11.9. The van der Waals surface area contributed by atoms with Crippen LogP contribution in [0.25, 0.3) is 0 Å². The standard InChI is InChI=1S/C19H28N2O4/c1-14(2)12-16(13-22)21-17(19(24)25)10-11-20-18(23)9-8-15-6-4-3-5-7-15/h3-7,13-14,16-17,21H,8-12H2,1-2H3,(H,20,23)(H,24,25). The lowest BCUT2D eigenvalue weighted by Gasteiger charge is -2.20. The molecule has 0 aliphatic rings. The Morgan fingerprint density at radius 1 is 1.20 bits per heavy atom. The number of carboxylic acids is 1. The number of aryl methyl sites for hydroxylation is 1. The van der Waals surface area contributed by atoms with Crippen molar-refractivity contribution in [2.75, 3.05) is 6.54 Å². The highest BCUT2D eigenvalue weighted by atomic mass is 16.4. The fourth-order valence-corrected chi connectivity index (χ4v) is 2.55. The number of nitrogens with one attached hydrogen (secondary N) is 2. The van der Waals surface area contributed by atoms with E-state index in [1.165, 1.54) is 0 Å². The molecule has 0 aliphatic heterocycles. The Morgan fingerprint density at radius 2 is 1.88 bits per heavy atom. The largest absolute Gasteiger partial charge is 0.480 e. The van der Waals surface area contributed by atoms with Gasteiger partial charge in [0.05, 0.1) is 6.04 Å². The minimum atomic E-state index is -1.02. The van der Waals surface area contributed by atoms with Crippen molar-refractivity contribution in [3.63, 3.8) is 0 Å². The lowest BCUT2D eigenvalue weighted by Crippen LogP contribution is -2.46. The molecule has 0 spiro atoms. The number of benzene rings is 1. The van der Waals surface area contributed by atoms with Crippen LogP contribution < -0.4 is 10.6 Å². The van der Waals surface area contributed by atoms with Crippen molar-refractivity contribution in [2.45, 2.75) is 51.6 Å². The van der Waals surface area contributed by atoms with Crippen molar-refractivity contribution in [1.29, 1.82) is 0 Å². The molecule has 3 N–H and O–H groups in total. The molecule has 2 unspecified atom stereocenters. The molecule has 2 atom stereocenters. The molecule has 0 aromatic heterocycles. The molecule has 0 heterocycles.